The summed E-state index contributed by atoms with van der Waals surface area (Å²) in [6.45, 7) is 13.7. The second kappa shape index (κ2) is 16.1. The van der Waals surface area contributed by atoms with Crippen molar-refractivity contribution in [2.24, 2.45) is 0 Å². The molecule has 0 aromatic carbocycles. The Morgan fingerprint density at radius 2 is 1.34 bits per heavy atom. The molecule has 2 heterocycles. The standard InChI is InChI=1S/C11H18O4.C10H16O4/c1-9(2)11(12)14-6-4-3-5-13-7-10-8-15-10;1-2-10(11)13-6-4-3-5-12-7-9-8-14-9/h10H,1,3-8H2,2H3;2,9H,1,3-8H2. The van der Waals surface area contributed by atoms with Gasteiger partial charge in [-0.1, -0.05) is 13.2 Å². The predicted molar refractivity (Wildman–Crippen MR) is 107 cm³/mol. The monoisotopic (exact) mass is 414 g/mol. The van der Waals surface area contributed by atoms with Crippen LogP contribution in [0.3, 0.4) is 0 Å². The van der Waals surface area contributed by atoms with Crippen molar-refractivity contribution in [3.05, 3.63) is 24.8 Å². The summed E-state index contributed by atoms with van der Waals surface area (Å²) in [6.07, 6.45) is 5.27. The normalized spacial score (nSPS) is 18.8. The topological polar surface area (TPSA) is 96.1 Å². The van der Waals surface area contributed by atoms with Gasteiger partial charge in [-0.3, -0.25) is 0 Å². The van der Waals surface area contributed by atoms with Gasteiger partial charge in [0.2, 0.25) is 0 Å². The molecule has 0 radical (unpaired) electrons. The highest BCUT2D eigenvalue weighted by molar-refractivity contribution is 5.86. The quantitative estimate of drug-likeness (QED) is 0.164. The third-order valence-corrected chi connectivity index (χ3v) is 3.77. The van der Waals surface area contributed by atoms with E-state index in [0.717, 1.165) is 38.9 Å². The molecule has 0 aromatic rings. The lowest BCUT2D eigenvalue weighted by molar-refractivity contribution is -0.139. The molecule has 0 saturated carbocycles. The lowest BCUT2D eigenvalue weighted by Crippen LogP contribution is -2.08. The average molecular weight is 414 g/mol. The molecule has 8 nitrogen and oxygen atoms in total. The molecular formula is C21H34O8. The molecule has 8 heteroatoms. The lowest BCUT2D eigenvalue weighted by atomic mass is 10.3. The first-order chi connectivity index (χ1) is 14.0. The van der Waals surface area contributed by atoms with E-state index in [-0.39, 0.29) is 11.9 Å². The van der Waals surface area contributed by atoms with E-state index in [0.29, 0.717) is 57.4 Å². The summed E-state index contributed by atoms with van der Waals surface area (Å²) in [4.78, 5) is 21.6. The first-order valence-electron chi connectivity index (χ1n) is 10.0. The fraction of sp³-hybridized carbons (Fsp3) is 0.714. The van der Waals surface area contributed by atoms with Crippen molar-refractivity contribution in [1.82, 2.24) is 0 Å². The Bertz CT molecular complexity index is 497. The average Bonchev–Trinajstić information content (AvgIpc) is 3.61. The third kappa shape index (κ3) is 16.9. The van der Waals surface area contributed by atoms with Gasteiger partial charge in [-0.05, 0) is 32.6 Å². The molecule has 2 saturated heterocycles. The molecule has 2 unspecified atom stereocenters. The number of epoxide rings is 2. The summed E-state index contributed by atoms with van der Waals surface area (Å²) in [5.41, 5.74) is 0.442. The van der Waals surface area contributed by atoms with Gasteiger partial charge in [-0.25, -0.2) is 9.59 Å². The Hall–Kier alpha value is -1.74. The van der Waals surface area contributed by atoms with Crippen molar-refractivity contribution in [3.63, 3.8) is 0 Å². The van der Waals surface area contributed by atoms with E-state index in [1.165, 1.54) is 6.08 Å². The van der Waals surface area contributed by atoms with Crippen molar-refractivity contribution in [3.8, 4) is 0 Å². The maximum Gasteiger partial charge on any atom is 0.333 e. The minimum absolute atomic E-state index is 0.317. The van der Waals surface area contributed by atoms with Gasteiger partial charge in [-0.2, -0.15) is 0 Å². The molecule has 2 fully saturated rings. The number of rotatable bonds is 16. The fourth-order valence-corrected chi connectivity index (χ4v) is 1.89. The number of esters is 2. The molecule has 0 spiro atoms. The second-order valence-electron chi connectivity index (χ2n) is 6.76. The molecule has 2 atom stereocenters. The van der Waals surface area contributed by atoms with Crippen LogP contribution in [0.2, 0.25) is 0 Å². The van der Waals surface area contributed by atoms with Crippen LogP contribution in [0.5, 0.6) is 0 Å². The minimum Gasteiger partial charge on any atom is -0.463 e. The smallest absolute Gasteiger partial charge is 0.333 e. The van der Waals surface area contributed by atoms with Crippen molar-refractivity contribution in [2.75, 3.05) is 52.9 Å². The summed E-state index contributed by atoms with van der Waals surface area (Å²) in [7, 11) is 0. The number of hydrogen-bond acceptors (Lipinski definition) is 8. The Morgan fingerprint density at radius 3 is 1.76 bits per heavy atom. The van der Waals surface area contributed by atoms with Crippen LogP contribution in [0, 0.1) is 0 Å². The Morgan fingerprint density at radius 1 is 0.897 bits per heavy atom. The zero-order valence-corrected chi connectivity index (χ0v) is 17.4. The van der Waals surface area contributed by atoms with Crippen LogP contribution < -0.4 is 0 Å². The Labute approximate surface area is 173 Å². The van der Waals surface area contributed by atoms with Gasteiger partial charge in [0.25, 0.3) is 0 Å². The molecule has 166 valence electrons. The van der Waals surface area contributed by atoms with Crippen molar-refractivity contribution in [2.45, 2.75) is 44.8 Å². The summed E-state index contributed by atoms with van der Waals surface area (Å²) in [5, 5.41) is 0. The van der Waals surface area contributed by atoms with Crippen LogP contribution in [0.15, 0.2) is 24.8 Å². The van der Waals surface area contributed by atoms with Gasteiger partial charge in [0.05, 0.1) is 39.6 Å². The highest BCUT2D eigenvalue weighted by Gasteiger charge is 2.22. The van der Waals surface area contributed by atoms with Crippen LogP contribution >= 0.6 is 0 Å². The molecule has 0 amide bonds. The zero-order chi connectivity index (χ0) is 21.3. The lowest BCUT2D eigenvalue weighted by Gasteiger charge is -2.04. The largest absolute Gasteiger partial charge is 0.463 e. The van der Waals surface area contributed by atoms with Gasteiger partial charge >= 0.3 is 11.9 Å². The first kappa shape index (κ1) is 25.3. The summed E-state index contributed by atoms with van der Waals surface area (Å²) >= 11 is 0. The predicted octanol–water partition coefficient (Wildman–Crippen LogP) is 2.21. The van der Waals surface area contributed by atoms with Crippen LogP contribution in [0.25, 0.3) is 0 Å². The van der Waals surface area contributed by atoms with Crippen molar-refractivity contribution < 1.29 is 38.0 Å². The molecule has 2 aliphatic heterocycles. The number of unbranched alkanes of at least 4 members (excludes halogenated alkanes) is 2. The Kier molecular flexibility index (Phi) is 14.0. The maximum atomic E-state index is 11.0. The van der Waals surface area contributed by atoms with E-state index >= 15 is 0 Å². The van der Waals surface area contributed by atoms with E-state index in [2.05, 4.69) is 13.2 Å². The molecule has 0 bridgehead atoms. The molecule has 0 aromatic heterocycles. The summed E-state index contributed by atoms with van der Waals surface area (Å²) in [6, 6.07) is 0. The van der Waals surface area contributed by atoms with Crippen molar-refractivity contribution >= 4 is 11.9 Å². The van der Waals surface area contributed by atoms with Crippen LogP contribution in [-0.4, -0.2) is 77.0 Å². The van der Waals surface area contributed by atoms with Crippen LogP contribution in [-0.2, 0) is 38.0 Å². The first-order valence-corrected chi connectivity index (χ1v) is 10.0. The van der Waals surface area contributed by atoms with Gasteiger partial charge in [0.15, 0.2) is 0 Å². The number of hydrogen-bond donors (Lipinski definition) is 0. The van der Waals surface area contributed by atoms with E-state index < -0.39 is 0 Å². The van der Waals surface area contributed by atoms with Crippen LogP contribution in [0.1, 0.15) is 32.6 Å². The molecule has 2 aliphatic rings. The van der Waals surface area contributed by atoms with Gasteiger partial charge in [0.1, 0.15) is 12.2 Å². The molecule has 0 N–H and O–H groups in total. The third-order valence-electron chi connectivity index (χ3n) is 3.77. The van der Waals surface area contributed by atoms with E-state index in [4.69, 9.17) is 28.4 Å². The number of carbonyl (C=O) groups is 2. The SMILES string of the molecule is C=C(C)C(=O)OCCCCOCC1CO1.C=CC(=O)OCCCCOCC1CO1. The highest BCUT2D eigenvalue weighted by Crippen LogP contribution is 2.09. The molecule has 0 aliphatic carbocycles. The molecule has 2 rings (SSSR count). The van der Waals surface area contributed by atoms with Gasteiger partial charge in [0, 0.05) is 24.9 Å². The van der Waals surface area contributed by atoms with E-state index in [9.17, 15) is 9.59 Å². The van der Waals surface area contributed by atoms with E-state index in [1.807, 2.05) is 0 Å². The van der Waals surface area contributed by atoms with Gasteiger partial charge in [-0.15, -0.1) is 0 Å². The van der Waals surface area contributed by atoms with Crippen LogP contribution in [0.4, 0.5) is 0 Å². The fourth-order valence-electron chi connectivity index (χ4n) is 1.89. The highest BCUT2D eigenvalue weighted by atomic mass is 16.6. The minimum atomic E-state index is -0.364. The molecular weight excluding hydrogens is 380 g/mol. The second-order valence-corrected chi connectivity index (χ2v) is 6.76. The van der Waals surface area contributed by atoms with Gasteiger partial charge < -0.3 is 28.4 Å². The van der Waals surface area contributed by atoms with E-state index in [1.54, 1.807) is 6.92 Å². The van der Waals surface area contributed by atoms with Crippen molar-refractivity contribution in [1.29, 1.82) is 0 Å². The maximum absolute atomic E-state index is 11.0. The number of carbonyl (C=O) groups excluding carboxylic acids is 2. The number of ether oxygens (including phenoxy) is 6. The Balaban J connectivity index is 0.000000291. The zero-order valence-electron chi connectivity index (χ0n) is 17.4. The summed E-state index contributed by atoms with van der Waals surface area (Å²) in [5.74, 6) is -0.681. The molecule has 29 heavy (non-hydrogen) atoms. The summed E-state index contributed by atoms with van der Waals surface area (Å²) < 4.78 is 30.3.